The van der Waals surface area contributed by atoms with Gasteiger partial charge in [0, 0.05) is 6.54 Å². The average Bonchev–Trinajstić information content (AvgIpc) is 2.73. The first-order valence-corrected chi connectivity index (χ1v) is 10.6. The Balaban J connectivity index is 1.76. The molecular formula is C22H22N2O4S. The second kappa shape index (κ2) is 9.25. The third kappa shape index (κ3) is 5.36. The van der Waals surface area contributed by atoms with Gasteiger partial charge in [-0.05, 0) is 48.9 Å². The van der Waals surface area contributed by atoms with Gasteiger partial charge >= 0.3 is 0 Å². The quantitative estimate of drug-likeness (QED) is 0.591. The van der Waals surface area contributed by atoms with Crippen molar-refractivity contribution in [3.8, 4) is 5.75 Å². The van der Waals surface area contributed by atoms with Crippen LogP contribution in [0.1, 0.15) is 22.8 Å². The van der Waals surface area contributed by atoms with Gasteiger partial charge in [-0.2, -0.15) is 0 Å². The lowest BCUT2D eigenvalue weighted by Crippen LogP contribution is -2.25. The van der Waals surface area contributed by atoms with Gasteiger partial charge in [-0.15, -0.1) is 0 Å². The third-order valence-corrected chi connectivity index (χ3v) is 5.54. The van der Waals surface area contributed by atoms with E-state index in [0.717, 1.165) is 5.56 Å². The molecule has 0 spiro atoms. The van der Waals surface area contributed by atoms with E-state index in [2.05, 4.69) is 10.0 Å². The number of ether oxygens (including phenoxy) is 1. The minimum absolute atomic E-state index is 0.0837. The molecule has 6 nitrogen and oxygen atoms in total. The van der Waals surface area contributed by atoms with Crippen molar-refractivity contribution >= 4 is 21.6 Å². The predicted octanol–water partition coefficient (Wildman–Crippen LogP) is 3.82. The van der Waals surface area contributed by atoms with Crippen LogP contribution in [0.15, 0.2) is 83.8 Å². The summed E-state index contributed by atoms with van der Waals surface area (Å²) in [6.45, 7) is 2.70. The molecule has 0 heterocycles. The second-order valence-corrected chi connectivity index (χ2v) is 7.91. The summed E-state index contributed by atoms with van der Waals surface area (Å²) in [4.78, 5) is 12.7. The van der Waals surface area contributed by atoms with Crippen molar-refractivity contribution in [3.05, 3.63) is 90.0 Å². The fraction of sp³-hybridized carbons (Fsp3) is 0.136. The maximum Gasteiger partial charge on any atom is 0.261 e. The average molecular weight is 410 g/mol. The Bertz CT molecular complexity index is 1070. The van der Waals surface area contributed by atoms with E-state index >= 15 is 0 Å². The zero-order chi connectivity index (χ0) is 20.7. The molecular weight excluding hydrogens is 388 g/mol. The molecule has 3 aromatic rings. The van der Waals surface area contributed by atoms with Gasteiger partial charge in [0.05, 0.1) is 22.8 Å². The number of rotatable bonds is 8. The van der Waals surface area contributed by atoms with Crippen LogP contribution in [-0.2, 0) is 16.6 Å². The van der Waals surface area contributed by atoms with E-state index < -0.39 is 10.0 Å². The molecule has 3 aromatic carbocycles. The highest BCUT2D eigenvalue weighted by Crippen LogP contribution is 2.22. The number of sulfonamides is 1. The molecule has 29 heavy (non-hydrogen) atoms. The maximum absolute atomic E-state index is 12.7. The lowest BCUT2D eigenvalue weighted by atomic mass is 10.1. The Morgan fingerprint density at radius 2 is 1.55 bits per heavy atom. The van der Waals surface area contributed by atoms with Crippen LogP contribution in [0.2, 0.25) is 0 Å². The normalized spacial score (nSPS) is 10.9. The third-order valence-electron chi connectivity index (χ3n) is 4.16. The zero-order valence-electron chi connectivity index (χ0n) is 16.0. The van der Waals surface area contributed by atoms with E-state index in [9.17, 15) is 13.2 Å². The molecule has 0 fully saturated rings. The second-order valence-electron chi connectivity index (χ2n) is 6.22. The number of hydrogen-bond acceptors (Lipinski definition) is 4. The van der Waals surface area contributed by atoms with Crippen LogP contribution < -0.4 is 14.8 Å². The first kappa shape index (κ1) is 20.4. The van der Waals surface area contributed by atoms with Gasteiger partial charge < -0.3 is 10.1 Å². The van der Waals surface area contributed by atoms with Crippen molar-refractivity contribution in [1.29, 1.82) is 0 Å². The molecule has 150 valence electrons. The Labute approximate surface area is 170 Å². The SMILES string of the molecule is CCOc1ccc(S(=O)(=O)Nc2ccccc2C(=O)NCc2ccccc2)cc1. The van der Waals surface area contributed by atoms with Crippen molar-refractivity contribution < 1.29 is 17.9 Å². The predicted molar refractivity (Wildman–Crippen MR) is 112 cm³/mol. The van der Waals surface area contributed by atoms with Gasteiger partial charge in [0.25, 0.3) is 15.9 Å². The van der Waals surface area contributed by atoms with Crippen LogP contribution in [0.5, 0.6) is 5.75 Å². The van der Waals surface area contributed by atoms with E-state index in [1.807, 2.05) is 37.3 Å². The van der Waals surface area contributed by atoms with Gasteiger partial charge in [-0.25, -0.2) is 8.42 Å². The van der Waals surface area contributed by atoms with Gasteiger partial charge in [0.1, 0.15) is 5.75 Å². The largest absolute Gasteiger partial charge is 0.494 e. The van der Waals surface area contributed by atoms with E-state index in [4.69, 9.17) is 4.74 Å². The van der Waals surface area contributed by atoms with E-state index in [1.54, 1.807) is 36.4 Å². The molecule has 0 radical (unpaired) electrons. The molecule has 0 atom stereocenters. The topological polar surface area (TPSA) is 84.5 Å². The Morgan fingerprint density at radius 3 is 2.24 bits per heavy atom. The summed E-state index contributed by atoms with van der Waals surface area (Å²) in [5.74, 6) is 0.228. The van der Waals surface area contributed by atoms with Crippen molar-refractivity contribution in [2.24, 2.45) is 0 Å². The molecule has 0 bridgehead atoms. The van der Waals surface area contributed by atoms with Crippen molar-refractivity contribution in [1.82, 2.24) is 5.32 Å². The summed E-state index contributed by atoms with van der Waals surface area (Å²) in [7, 11) is -3.85. The molecule has 1 amide bonds. The smallest absolute Gasteiger partial charge is 0.261 e. The molecule has 0 aliphatic heterocycles. The maximum atomic E-state index is 12.7. The Kier molecular flexibility index (Phi) is 6.51. The summed E-state index contributed by atoms with van der Waals surface area (Å²) < 4.78 is 33.3. The monoisotopic (exact) mass is 410 g/mol. The van der Waals surface area contributed by atoms with Crippen molar-refractivity contribution in [3.63, 3.8) is 0 Å². The lowest BCUT2D eigenvalue weighted by Gasteiger charge is -2.13. The summed E-state index contributed by atoms with van der Waals surface area (Å²) in [6.07, 6.45) is 0. The van der Waals surface area contributed by atoms with Crippen LogP contribution in [0.3, 0.4) is 0 Å². The fourth-order valence-electron chi connectivity index (χ4n) is 2.73. The van der Waals surface area contributed by atoms with Gasteiger partial charge in [-0.3, -0.25) is 9.52 Å². The Morgan fingerprint density at radius 1 is 0.897 bits per heavy atom. The number of benzene rings is 3. The molecule has 0 unspecified atom stereocenters. The standard InChI is InChI=1S/C22H22N2O4S/c1-2-28-18-12-14-19(15-13-18)29(26,27)24-21-11-7-6-10-20(21)22(25)23-16-17-8-4-3-5-9-17/h3-15,24H,2,16H2,1H3,(H,23,25). The number of hydrogen-bond donors (Lipinski definition) is 2. The van der Waals surface area contributed by atoms with Crippen LogP contribution >= 0.6 is 0 Å². The number of carbonyl (C=O) groups excluding carboxylic acids is 1. The molecule has 0 aliphatic carbocycles. The fourth-order valence-corrected chi connectivity index (χ4v) is 3.81. The first-order chi connectivity index (χ1) is 14.0. The van der Waals surface area contributed by atoms with Gasteiger partial charge in [0.15, 0.2) is 0 Å². The summed E-state index contributed by atoms with van der Waals surface area (Å²) in [5, 5.41) is 2.81. The number of carbonyl (C=O) groups is 1. The minimum atomic E-state index is -3.85. The van der Waals surface area contributed by atoms with Crippen LogP contribution in [-0.4, -0.2) is 20.9 Å². The number of nitrogens with one attached hydrogen (secondary N) is 2. The van der Waals surface area contributed by atoms with Crippen molar-refractivity contribution in [2.45, 2.75) is 18.4 Å². The Hall–Kier alpha value is -3.32. The molecule has 0 saturated heterocycles. The highest BCUT2D eigenvalue weighted by atomic mass is 32.2. The molecule has 7 heteroatoms. The molecule has 0 aromatic heterocycles. The zero-order valence-corrected chi connectivity index (χ0v) is 16.8. The number of amides is 1. The highest BCUT2D eigenvalue weighted by Gasteiger charge is 2.18. The van der Waals surface area contributed by atoms with Crippen LogP contribution in [0.25, 0.3) is 0 Å². The number of para-hydroxylation sites is 1. The van der Waals surface area contributed by atoms with E-state index in [0.29, 0.717) is 18.9 Å². The molecule has 2 N–H and O–H groups in total. The summed E-state index contributed by atoms with van der Waals surface area (Å²) in [6, 6.07) is 22.1. The van der Waals surface area contributed by atoms with Crippen molar-refractivity contribution in [2.75, 3.05) is 11.3 Å². The van der Waals surface area contributed by atoms with Gasteiger partial charge in [0.2, 0.25) is 0 Å². The molecule has 0 aliphatic rings. The summed E-state index contributed by atoms with van der Waals surface area (Å²) in [5.41, 5.74) is 1.41. The van der Waals surface area contributed by atoms with Crippen LogP contribution in [0.4, 0.5) is 5.69 Å². The van der Waals surface area contributed by atoms with Gasteiger partial charge in [-0.1, -0.05) is 42.5 Å². The first-order valence-electron chi connectivity index (χ1n) is 9.16. The van der Waals surface area contributed by atoms with E-state index in [-0.39, 0.29) is 22.1 Å². The lowest BCUT2D eigenvalue weighted by molar-refractivity contribution is 0.0952. The van der Waals surface area contributed by atoms with Crippen LogP contribution in [0, 0.1) is 0 Å². The number of anilines is 1. The molecule has 3 rings (SSSR count). The highest BCUT2D eigenvalue weighted by molar-refractivity contribution is 7.92. The van der Waals surface area contributed by atoms with E-state index in [1.165, 1.54) is 12.1 Å². The summed E-state index contributed by atoms with van der Waals surface area (Å²) >= 11 is 0. The molecule has 0 saturated carbocycles. The minimum Gasteiger partial charge on any atom is -0.494 e.